The number of benzene rings is 2. The van der Waals surface area contributed by atoms with Crippen molar-refractivity contribution in [3.8, 4) is 0 Å². The normalized spacial score (nSPS) is 14.3. The molecule has 1 aliphatic heterocycles. The number of carbonyl (C=O) groups is 1. The molecule has 1 fully saturated rings. The van der Waals surface area contributed by atoms with Gasteiger partial charge in [-0.05, 0) is 18.6 Å². The number of rotatable bonds is 7. The van der Waals surface area contributed by atoms with Crippen molar-refractivity contribution in [3.05, 3.63) is 67.8 Å². The first-order valence-electron chi connectivity index (χ1n) is 10.3. The van der Waals surface area contributed by atoms with Crippen molar-refractivity contribution in [1.29, 1.82) is 0 Å². The van der Waals surface area contributed by atoms with E-state index in [0.717, 1.165) is 47.1 Å². The number of hydrogen-bond donors (Lipinski definition) is 0. The van der Waals surface area contributed by atoms with Gasteiger partial charge in [-0.1, -0.05) is 23.5 Å². The van der Waals surface area contributed by atoms with E-state index >= 15 is 0 Å². The van der Waals surface area contributed by atoms with Crippen molar-refractivity contribution < 1.29 is 19.4 Å². The maximum atomic E-state index is 13.5. The number of ether oxygens (including phenoxy) is 1. The third-order valence-electron chi connectivity index (χ3n) is 5.40. The van der Waals surface area contributed by atoms with E-state index in [1.54, 1.807) is 0 Å². The largest absolute Gasteiger partial charge is 0.379 e. The lowest BCUT2D eigenvalue weighted by atomic mass is 10.1. The van der Waals surface area contributed by atoms with Gasteiger partial charge in [0.15, 0.2) is 5.13 Å². The zero-order valence-electron chi connectivity index (χ0n) is 17.8. The van der Waals surface area contributed by atoms with Crippen LogP contribution in [0.5, 0.6) is 0 Å². The number of non-ortho nitro benzene ring substituents is 2. The summed E-state index contributed by atoms with van der Waals surface area (Å²) >= 11 is 1.33. The number of anilines is 1. The minimum Gasteiger partial charge on any atom is -0.379 e. The van der Waals surface area contributed by atoms with Gasteiger partial charge >= 0.3 is 0 Å². The lowest BCUT2D eigenvalue weighted by Gasteiger charge is -2.29. The molecular weight excluding hydrogens is 450 g/mol. The quantitative estimate of drug-likeness (QED) is 0.378. The Morgan fingerprint density at radius 2 is 1.82 bits per heavy atom. The Morgan fingerprint density at radius 3 is 2.42 bits per heavy atom. The first-order valence-corrected chi connectivity index (χ1v) is 11.1. The lowest BCUT2D eigenvalue weighted by molar-refractivity contribution is -0.394. The Labute approximate surface area is 192 Å². The van der Waals surface area contributed by atoms with Gasteiger partial charge < -0.3 is 4.74 Å². The summed E-state index contributed by atoms with van der Waals surface area (Å²) in [5.41, 5.74) is 0.573. The maximum Gasteiger partial charge on any atom is 0.277 e. The van der Waals surface area contributed by atoms with Gasteiger partial charge in [-0.3, -0.25) is 34.8 Å². The van der Waals surface area contributed by atoms with Gasteiger partial charge in [0.1, 0.15) is 0 Å². The monoisotopic (exact) mass is 471 g/mol. The van der Waals surface area contributed by atoms with E-state index in [1.807, 2.05) is 25.1 Å². The molecule has 1 amide bonds. The van der Waals surface area contributed by atoms with E-state index in [-0.39, 0.29) is 12.1 Å². The van der Waals surface area contributed by atoms with Gasteiger partial charge in [0.25, 0.3) is 17.3 Å². The number of para-hydroxylation sites is 1. The average Bonchev–Trinajstić information content (AvgIpc) is 3.24. The summed E-state index contributed by atoms with van der Waals surface area (Å²) in [4.78, 5) is 42.9. The van der Waals surface area contributed by atoms with E-state index in [1.165, 1.54) is 16.2 Å². The van der Waals surface area contributed by atoms with Crippen LogP contribution < -0.4 is 4.90 Å². The number of thiazole rings is 1. The second-order valence-corrected chi connectivity index (χ2v) is 8.59. The molecule has 0 N–H and O–H groups in total. The van der Waals surface area contributed by atoms with Crippen molar-refractivity contribution >= 4 is 44.0 Å². The van der Waals surface area contributed by atoms with Gasteiger partial charge in [-0.25, -0.2) is 4.98 Å². The highest BCUT2D eigenvalue weighted by molar-refractivity contribution is 7.22. The summed E-state index contributed by atoms with van der Waals surface area (Å²) in [6.45, 7) is 5.40. The van der Waals surface area contributed by atoms with Gasteiger partial charge in [-0.2, -0.15) is 0 Å². The molecule has 0 bridgehead atoms. The third-order valence-corrected chi connectivity index (χ3v) is 6.44. The number of aromatic nitrogens is 1. The van der Waals surface area contributed by atoms with E-state index < -0.39 is 27.1 Å². The standard InChI is InChI=1S/C21H21N5O6S/c1-14-3-2-4-18-19(14)22-21(33-18)24(6-5-23-7-9-32-10-8-23)20(27)15-11-16(25(28)29)13-17(12-15)26(30)31/h2-4,11-13H,5-10H2,1H3. The highest BCUT2D eigenvalue weighted by atomic mass is 32.1. The van der Waals surface area contributed by atoms with E-state index in [4.69, 9.17) is 4.74 Å². The summed E-state index contributed by atoms with van der Waals surface area (Å²) in [5, 5.41) is 23.1. The second-order valence-electron chi connectivity index (χ2n) is 7.58. The molecular formula is C21H21N5O6S. The number of nitrogens with zero attached hydrogens (tertiary/aromatic N) is 5. The van der Waals surface area contributed by atoms with E-state index in [0.29, 0.717) is 24.9 Å². The van der Waals surface area contributed by atoms with Gasteiger partial charge in [0.2, 0.25) is 0 Å². The molecule has 172 valence electrons. The number of nitro groups is 2. The molecule has 0 saturated carbocycles. The fraction of sp³-hybridized carbons (Fsp3) is 0.333. The molecule has 0 aliphatic carbocycles. The number of fused-ring (bicyclic) bond motifs is 1. The molecule has 0 radical (unpaired) electrons. The van der Waals surface area contributed by atoms with Crippen LogP contribution in [0.3, 0.4) is 0 Å². The Morgan fingerprint density at radius 1 is 1.15 bits per heavy atom. The minimum atomic E-state index is -0.747. The van der Waals surface area contributed by atoms with Crippen LogP contribution in [0.1, 0.15) is 15.9 Å². The summed E-state index contributed by atoms with van der Waals surface area (Å²) in [7, 11) is 0. The number of amides is 1. The topological polar surface area (TPSA) is 132 Å². The van der Waals surface area contributed by atoms with Gasteiger partial charge in [-0.15, -0.1) is 0 Å². The molecule has 0 atom stereocenters. The maximum absolute atomic E-state index is 13.5. The molecule has 0 unspecified atom stereocenters. The molecule has 4 rings (SSSR count). The molecule has 11 nitrogen and oxygen atoms in total. The van der Waals surface area contributed by atoms with Crippen molar-refractivity contribution in [3.63, 3.8) is 0 Å². The summed E-state index contributed by atoms with van der Waals surface area (Å²) in [6.07, 6.45) is 0. The van der Waals surface area contributed by atoms with Crippen LogP contribution in [-0.4, -0.2) is 65.0 Å². The molecule has 3 aromatic rings. The van der Waals surface area contributed by atoms with Crippen LogP contribution in [-0.2, 0) is 4.74 Å². The smallest absolute Gasteiger partial charge is 0.277 e. The zero-order valence-corrected chi connectivity index (χ0v) is 18.6. The zero-order chi connectivity index (χ0) is 23.5. The Balaban J connectivity index is 1.73. The molecule has 2 aromatic carbocycles. The van der Waals surface area contributed by atoms with E-state index in [9.17, 15) is 25.0 Å². The van der Waals surface area contributed by atoms with Crippen LogP contribution in [0.2, 0.25) is 0 Å². The third kappa shape index (κ3) is 4.97. The number of aryl methyl sites for hydroxylation is 1. The van der Waals surface area contributed by atoms with Crippen LogP contribution in [0.15, 0.2) is 36.4 Å². The van der Waals surface area contributed by atoms with Crippen LogP contribution in [0, 0.1) is 27.2 Å². The van der Waals surface area contributed by atoms with Crippen molar-refractivity contribution in [2.24, 2.45) is 0 Å². The first-order chi connectivity index (χ1) is 15.8. The predicted octanol–water partition coefficient (Wildman–Crippen LogP) is 3.40. The Hall–Kier alpha value is -3.48. The van der Waals surface area contributed by atoms with Crippen molar-refractivity contribution in [1.82, 2.24) is 9.88 Å². The Kier molecular flexibility index (Phi) is 6.58. The molecule has 1 aliphatic rings. The predicted molar refractivity (Wildman–Crippen MR) is 123 cm³/mol. The molecule has 1 aromatic heterocycles. The summed E-state index contributed by atoms with van der Waals surface area (Å²) in [6, 6.07) is 8.71. The minimum absolute atomic E-state index is 0.131. The first kappa shape index (κ1) is 22.7. The van der Waals surface area contributed by atoms with Crippen LogP contribution in [0.4, 0.5) is 16.5 Å². The number of morpholine rings is 1. The summed E-state index contributed by atoms with van der Waals surface area (Å²) < 4.78 is 6.27. The van der Waals surface area contributed by atoms with Gasteiger partial charge in [0.05, 0.1) is 44.9 Å². The van der Waals surface area contributed by atoms with Crippen LogP contribution >= 0.6 is 11.3 Å². The number of carbonyl (C=O) groups excluding carboxylic acids is 1. The highest BCUT2D eigenvalue weighted by Gasteiger charge is 2.27. The summed E-state index contributed by atoms with van der Waals surface area (Å²) in [5.74, 6) is -0.577. The van der Waals surface area contributed by atoms with Crippen molar-refractivity contribution in [2.75, 3.05) is 44.3 Å². The molecule has 12 heteroatoms. The molecule has 33 heavy (non-hydrogen) atoms. The fourth-order valence-electron chi connectivity index (χ4n) is 3.63. The lowest BCUT2D eigenvalue weighted by Crippen LogP contribution is -2.43. The molecule has 1 saturated heterocycles. The fourth-order valence-corrected chi connectivity index (χ4v) is 4.69. The number of nitro benzene ring substituents is 2. The molecule has 2 heterocycles. The molecule has 0 spiro atoms. The van der Waals surface area contributed by atoms with Crippen molar-refractivity contribution in [2.45, 2.75) is 6.92 Å². The van der Waals surface area contributed by atoms with E-state index in [2.05, 4.69) is 9.88 Å². The van der Waals surface area contributed by atoms with Gasteiger partial charge in [0, 0.05) is 38.3 Å². The van der Waals surface area contributed by atoms with Crippen LogP contribution in [0.25, 0.3) is 10.2 Å². The highest BCUT2D eigenvalue weighted by Crippen LogP contribution is 2.32. The second kappa shape index (κ2) is 9.57. The number of hydrogen-bond acceptors (Lipinski definition) is 9. The Bertz CT molecular complexity index is 1190. The average molecular weight is 471 g/mol. The SMILES string of the molecule is Cc1cccc2sc(N(CCN3CCOCC3)C(=O)c3cc([N+](=O)[O-])cc([N+](=O)[O-])c3)nc12.